The Labute approximate surface area is 695 Å². The highest BCUT2D eigenvalue weighted by molar-refractivity contribution is 9.11. The molecule has 0 spiro atoms. The van der Waals surface area contributed by atoms with Crippen molar-refractivity contribution < 1.29 is 48.3 Å². The molecule has 4 aromatic heterocycles. The third-order valence-electron chi connectivity index (χ3n) is 20.5. The smallest absolute Gasteiger partial charge is 0.488 e. The minimum Gasteiger partial charge on any atom is -0.508 e. The van der Waals surface area contributed by atoms with E-state index in [1.807, 2.05) is 57.5 Å². The number of halogens is 1. The first-order chi connectivity index (χ1) is 54.2. The number of unbranched alkanes of at least 4 members (excludes halogenated alkanes) is 20. The van der Waals surface area contributed by atoms with Crippen LogP contribution in [0.25, 0.3) is 31.3 Å². The van der Waals surface area contributed by atoms with E-state index < -0.39 is 7.12 Å². The first kappa shape index (κ1) is 93.3. The van der Waals surface area contributed by atoms with Crippen LogP contribution in [0.1, 0.15) is 294 Å². The van der Waals surface area contributed by atoms with Crippen molar-refractivity contribution in [3.05, 3.63) is 167 Å². The van der Waals surface area contributed by atoms with Crippen molar-refractivity contribution in [3.63, 3.8) is 0 Å². The average molecular weight is 1660 g/mol. The molecule has 0 bridgehead atoms. The van der Waals surface area contributed by atoms with Crippen molar-refractivity contribution in [2.75, 3.05) is 33.0 Å². The number of rotatable bonds is 38. The van der Waals surface area contributed by atoms with Crippen molar-refractivity contribution in [3.8, 4) is 54.3 Å². The van der Waals surface area contributed by atoms with E-state index in [4.69, 9.17) is 43.2 Å². The van der Waals surface area contributed by atoms with Crippen LogP contribution in [-0.2, 0) is 44.6 Å². The lowest BCUT2D eigenvalue weighted by Crippen LogP contribution is -2.29. The molecule has 0 saturated carbocycles. The van der Waals surface area contributed by atoms with Gasteiger partial charge in [-0.15, -0.1) is 45.3 Å². The Kier molecular flexibility index (Phi) is 47.5. The Morgan fingerprint density at radius 2 is 0.631 bits per heavy atom. The van der Waals surface area contributed by atoms with E-state index in [9.17, 15) is 5.11 Å². The van der Waals surface area contributed by atoms with Gasteiger partial charge in [-0.3, -0.25) is 0 Å². The monoisotopic (exact) mass is 1660 g/mol. The maximum absolute atomic E-state index is 9.43. The van der Waals surface area contributed by atoms with Crippen molar-refractivity contribution in [1.29, 1.82) is 0 Å². The summed E-state index contributed by atoms with van der Waals surface area (Å²) >= 11 is 11.2. The first-order valence-corrected chi connectivity index (χ1v) is 47.2. The molecule has 4 aliphatic rings. The van der Waals surface area contributed by atoms with Crippen LogP contribution in [0.3, 0.4) is 0 Å². The van der Waals surface area contributed by atoms with Gasteiger partial charge in [0.25, 0.3) is 0 Å². The Morgan fingerprint density at radius 3 is 0.910 bits per heavy atom. The number of hydrogen-bond acceptors (Lipinski definition) is 14. The number of benzene rings is 4. The molecular formula is C95H138BBrO10S4. The van der Waals surface area contributed by atoms with Crippen LogP contribution >= 0.6 is 61.3 Å². The Balaban J connectivity index is 0.000000193. The van der Waals surface area contributed by atoms with E-state index in [1.54, 1.807) is 36.4 Å². The fourth-order valence-corrected chi connectivity index (χ4v) is 19.2. The van der Waals surface area contributed by atoms with Crippen LogP contribution in [-0.4, -0.2) is 74.2 Å². The van der Waals surface area contributed by atoms with Gasteiger partial charge in [-0.05, 0) is 300 Å². The van der Waals surface area contributed by atoms with Crippen LogP contribution in [0.4, 0.5) is 0 Å². The molecule has 0 aliphatic carbocycles. The fraction of sp³-hybridized carbons (Fsp3) is 0.579. The SMILES string of the molecule is C1CCOC1.CCCCCCCCc1cc(C)sc1-c1ccc(O)cc1.CCCCCCCCc1cc(C)sc1-c1ccc(OC2CCCCO2)cc1.CCCCCCCCc1cc(C)sc1-c1ccc(OC2CCCCO2)cc1.CCCCCCCCc1cc(C)sc1Br.OB(O)c1ccc(OC2CCCCO2)cc1. The van der Waals surface area contributed by atoms with Crippen molar-refractivity contribution in [1.82, 2.24) is 0 Å². The van der Waals surface area contributed by atoms with Crippen molar-refractivity contribution in [2.24, 2.45) is 0 Å². The molecule has 4 fully saturated rings. The van der Waals surface area contributed by atoms with Gasteiger partial charge in [-0.1, -0.05) is 168 Å². The highest BCUT2D eigenvalue weighted by Gasteiger charge is 2.20. The Morgan fingerprint density at radius 1 is 0.351 bits per heavy atom. The summed E-state index contributed by atoms with van der Waals surface area (Å²) in [6.07, 6.45) is 49.4. The van der Waals surface area contributed by atoms with Gasteiger partial charge in [0.1, 0.15) is 23.0 Å². The zero-order chi connectivity index (χ0) is 78.9. The van der Waals surface area contributed by atoms with Gasteiger partial charge in [0.15, 0.2) is 18.9 Å². The zero-order valence-corrected chi connectivity index (χ0v) is 74.0. The molecule has 4 aromatic carbocycles. The quantitative estimate of drug-likeness (QED) is 0.0254. The van der Waals surface area contributed by atoms with Gasteiger partial charge in [0.2, 0.25) is 0 Å². The second kappa shape index (κ2) is 56.5. The number of ether oxygens (including phenoxy) is 7. The second-order valence-electron chi connectivity index (χ2n) is 30.5. The predicted octanol–water partition coefficient (Wildman–Crippen LogP) is 28.2. The minimum absolute atomic E-state index is 0.0724. The Bertz CT molecular complexity index is 3510. The highest BCUT2D eigenvalue weighted by Crippen LogP contribution is 2.39. The van der Waals surface area contributed by atoms with E-state index in [1.165, 1.54) is 282 Å². The zero-order valence-electron chi connectivity index (χ0n) is 69.2. The lowest BCUT2D eigenvalue weighted by atomic mass is 9.80. The molecule has 0 radical (unpaired) electrons. The molecule has 12 rings (SSSR count). The highest BCUT2D eigenvalue weighted by atomic mass is 79.9. The molecule has 3 N–H and O–H groups in total. The third kappa shape index (κ3) is 37.8. The molecule has 0 amide bonds. The van der Waals surface area contributed by atoms with Gasteiger partial charge in [0, 0.05) is 66.6 Å². The van der Waals surface area contributed by atoms with Crippen LogP contribution in [0, 0.1) is 27.7 Å². The number of thiophene rings is 4. The van der Waals surface area contributed by atoms with Gasteiger partial charge >= 0.3 is 7.12 Å². The van der Waals surface area contributed by atoms with Crippen LogP contribution in [0.2, 0.25) is 0 Å². The fourth-order valence-electron chi connectivity index (χ4n) is 14.2. The number of phenols is 1. The normalized spacial score (nSPS) is 15.9. The minimum atomic E-state index is -1.43. The number of phenolic OH excluding ortho intramolecular Hbond substituents is 1. The second-order valence-corrected chi connectivity index (χ2v) is 36.8. The van der Waals surface area contributed by atoms with Gasteiger partial charge < -0.3 is 48.3 Å². The number of hydrogen-bond donors (Lipinski definition) is 3. The molecule has 612 valence electrons. The van der Waals surface area contributed by atoms with Crippen LogP contribution < -0.4 is 19.7 Å². The molecule has 3 unspecified atom stereocenters. The van der Waals surface area contributed by atoms with E-state index >= 15 is 0 Å². The molecule has 3 atom stereocenters. The summed E-state index contributed by atoms with van der Waals surface area (Å²) < 4.78 is 40.6. The van der Waals surface area contributed by atoms with E-state index in [0.29, 0.717) is 17.0 Å². The maximum Gasteiger partial charge on any atom is 0.488 e. The molecule has 8 heterocycles. The van der Waals surface area contributed by atoms with Gasteiger partial charge in [0.05, 0.1) is 23.6 Å². The summed E-state index contributed by atoms with van der Waals surface area (Å²) in [7, 11) is -1.43. The maximum atomic E-state index is 9.43. The largest absolute Gasteiger partial charge is 0.508 e. The molecule has 4 saturated heterocycles. The lowest BCUT2D eigenvalue weighted by Gasteiger charge is -2.23. The summed E-state index contributed by atoms with van der Waals surface area (Å²) in [5, 5.41) is 27.3. The molecule has 10 nitrogen and oxygen atoms in total. The average Bonchev–Trinajstić information content (AvgIpc) is 1.70. The van der Waals surface area contributed by atoms with Gasteiger partial charge in [-0.25, -0.2) is 0 Å². The van der Waals surface area contributed by atoms with Crippen molar-refractivity contribution >= 4 is 73.9 Å². The summed E-state index contributed by atoms with van der Waals surface area (Å²) in [6, 6.07) is 40.9. The number of aromatic hydroxyl groups is 1. The topological polar surface area (TPSA) is 125 Å². The Hall–Kier alpha value is -4.82. The standard InChI is InChI=1S/2C24H34O2S.C19H26OS.C13H21BrS.C11H15BO4.C4H8O/c2*1-3-4-5-6-7-8-11-21-18-19(2)27-24(21)20-13-15-22(16-14-20)26-23-12-9-10-17-25-23;1-3-4-5-6-7-8-9-17-14-15(2)21-19(17)16-10-12-18(20)13-11-16;1-3-4-5-6-7-8-9-12-10-11(2)15-13(12)14;13-12(14)9-4-6-10(7-5-9)16-11-3-1-2-8-15-11;1-2-4-5-3-1/h2*13-16,18,23H,3-12,17H2,1-2H3;10-14,20H,3-9H2,1-2H3;10H,3-9H2,1-2H3;4-7,11,13-14H,1-3,8H2;1-4H2. The molecule has 111 heavy (non-hydrogen) atoms. The lowest BCUT2D eigenvalue weighted by molar-refractivity contribution is -0.106. The van der Waals surface area contributed by atoms with E-state index in [2.05, 4.69) is 144 Å². The predicted molar refractivity (Wildman–Crippen MR) is 479 cm³/mol. The van der Waals surface area contributed by atoms with Crippen LogP contribution in [0.5, 0.6) is 23.0 Å². The molecule has 16 heteroatoms. The third-order valence-corrected chi connectivity index (χ3v) is 25.8. The summed E-state index contributed by atoms with van der Waals surface area (Å²) in [6.45, 7) is 22.3. The van der Waals surface area contributed by atoms with Crippen molar-refractivity contribution in [2.45, 2.75) is 325 Å². The number of aryl methyl sites for hydroxylation is 8. The van der Waals surface area contributed by atoms with Crippen LogP contribution in [0.15, 0.2) is 125 Å². The van der Waals surface area contributed by atoms with Gasteiger partial charge in [-0.2, -0.15) is 0 Å². The first-order valence-electron chi connectivity index (χ1n) is 43.1. The molecule has 4 aliphatic heterocycles. The molecular weight excluding hydrogens is 1520 g/mol. The summed E-state index contributed by atoms with van der Waals surface area (Å²) in [5.41, 5.74) is 10.3. The van der Waals surface area contributed by atoms with E-state index in [0.717, 1.165) is 89.5 Å². The summed E-state index contributed by atoms with van der Waals surface area (Å²) in [5.74, 6) is 2.86. The molecule has 8 aromatic rings. The van der Waals surface area contributed by atoms with E-state index in [-0.39, 0.29) is 18.9 Å². The summed E-state index contributed by atoms with van der Waals surface area (Å²) in [4.78, 5) is 9.84.